The van der Waals surface area contributed by atoms with Gasteiger partial charge in [-0.05, 0) is 57.9 Å². The van der Waals surface area contributed by atoms with E-state index in [1.165, 1.54) is 6.42 Å². The van der Waals surface area contributed by atoms with Crippen LogP contribution in [0, 0.1) is 11.3 Å². The molecule has 0 aromatic rings. The number of nitrogens with zero attached hydrogens (tertiary/aromatic N) is 1. The highest BCUT2D eigenvalue weighted by molar-refractivity contribution is 5.68. The zero-order valence-corrected chi connectivity index (χ0v) is 13.7. The van der Waals surface area contributed by atoms with Gasteiger partial charge in [0, 0.05) is 19.1 Å². The number of nitrogens with one attached hydrogen (secondary N) is 1. The molecule has 0 bridgehead atoms. The molecule has 1 saturated heterocycles. The largest absolute Gasteiger partial charge is 0.444 e. The Morgan fingerprint density at radius 2 is 1.85 bits per heavy atom. The highest BCUT2D eigenvalue weighted by Gasteiger charge is 2.45. The topological polar surface area (TPSA) is 41.6 Å². The van der Waals surface area contributed by atoms with E-state index >= 15 is 0 Å². The van der Waals surface area contributed by atoms with Crippen LogP contribution < -0.4 is 5.32 Å². The van der Waals surface area contributed by atoms with Crippen molar-refractivity contribution in [3.8, 4) is 0 Å². The van der Waals surface area contributed by atoms with Crippen LogP contribution >= 0.6 is 0 Å². The molecule has 116 valence electrons. The Bertz CT molecular complexity index is 352. The number of carbonyl (C=O) groups excluding carboxylic acids is 1. The zero-order chi connectivity index (χ0) is 15.0. The number of likely N-dealkylation sites (tertiary alicyclic amines) is 1. The van der Waals surface area contributed by atoms with Crippen molar-refractivity contribution in [2.75, 3.05) is 19.6 Å². The molecule has 1 amide bonds. The van der Waals surface area contributed by atoms with Crippen LogP contribution in [0.15, 0.2) is 0 Å². The van der Waals surface area contributed by atoms with Gasteiger partial charge in [-0.25, -0.2) is 4.79 Å². The third-order valence-electron chi connectivity index (χ3n) is 4.52. The smallest absolute Gasteiger partial charge is 0.410 e. The second-order valence-electron chi connectivity index (χ2n) is 8.04. The zero-order valence-electron chi connectivity index (χ0n) is 13.7. The number of amides is 1. The molecule has 20 heavy (non-hydrogen) atoms. The van der Waals surface area contributed by atoms with Crippen molar-refractivity contribution < 1.29 is 9.53 Å². The fourth-order valence-electron chi connectivity index (χ4n) is 2.83. The first kappa shape index (κ1) is 15.6. The Hall–Kier alpha value is -0.770. The first-order chi connectivity index (χ1) is 9.17. The molecule has 4 heteroatoms. The van der Waals surface area contributed by atoms with Crippen LogP contribution in [0.3, 0.4) is 0 Å². The van der Waals surface area contributed by atoms with E-state index in [1.54, 1.807) is 0 Å². The minimum absolute atomic E-state index is 0.167. The molecule has 1 saturated carbocycles. The predicted octanol–water partition coefficient (Wildman–Crippen LogP) is 3.02. The number of rotatable bonds is 3. The molecule has 2 aliphatic rings. The molecule has 1 aliphatic heterocycles. The molecular weight excluding hydrogens is 252 g/mol. The van der Waals surface area contributed by atoms with Crippen LogP contribution in [0.4, 0.5) is 4.79 Å². The first-order valence-corrected chi connectivity index (χ1v) is 7.89. The average Bonchev–Trinajstić information content (AvgIpc) is 2.93. The number of ether oxygens (including phenoxy) is 1. The van der Waals surface area contributed by atoms with Gasteiger partial charge >= 0.3 is 6.09 Å². The summed E-state index contributed by atoms with van der Waals surface area (Å²) in [6, 6.07) is 0.560. The van der Waals surface area contributed by atoms with Crippen LogP contribution in [-0.4, -0.2) is 42.3 Å². The lowest BCUT2D eigenvalue weighted by Gasteiger charge is -2.34. The number of piperidine rings is 1. The summed E-state index contributed by atoms with van der Waals surface area (Å²) in [7, 11) is 0. The maximum Gasteiger partial charge on any atom is 0.410 e. The van der Waals surface area contributed by atoms with Crippen molar-refractivity contribution in [1.82, 2.24) is 10.2 Å². The van der Waals surface area contributed by atoms with Crippen molar-refractivity contribution in [2.24, 2.45) is 11.3 Å². The molecule has 0 spiro atoms. The van der Waals surface area contributed by atoms with Crippen LogP contribution in [-0.2, 0) is 4.74 Å². The Balaban J connectivity index is 1.66. The summed E-state index contributed by atoms with van der Waals surface area (Å²) in [6.45, 7) is 13.2. The van der Waals surface area contributed by atoms with Gasteiger partial charge in [0.15, 0.2) is 0 Å². The summed E-state index contributed by atoms with van der Waals surface area (Å²) in [5.74, 6) is 0.839. The van der Waals surface area contributed by atoms with Crippen LogP contribution in [0.2, 0.25) is 0 Å². The molecule has 1 aliphatic carbocycles. The lowest BCUT2D eigenvalue weighted by atomic mass is 10.0. The van der Waals surface area contributed by atoms with E-state index in [-0.39, 0.29) is 6.09 Å². The number of hydrogen-bond donors (Lipinski definition) is 1. The third kappa shape index (κ3) is 4.37. The van der Waals surface area contributed by atoms with Gasteiger partial charge in [0.1, 0.15) is 5.60 Å². The highest BCUT2D eigenvalue weighted by Crippen LogP contribution is 2.51. The standard InChI is InChI=1S/C16H30N2O2/c1-15(2,3)20-14(19)18-8-6-13(7-9-18)17-11-12-10-16(12,4)5/h12-13,17H,6-11H2,1-5H3. The van der Waals surface area contributed by atoms with Crippen molar-refractivity contribution in [2.45, 2.75) is 65.5 Å². The van der Waals surface area contributed by atoms with Crippen molar-refractivity contribution in [1.29, 1.82) is 0 Å². The summed E-state index contributed by atoms with van der Waals surface area (Å²) in [6.07, 6.45) is 3.24. The quantitative estimate of drug-likeness (QED) is 0.865. The van der Waals surface area contributed by atoms with Crippen molar-refractivity contribution in [3.63, 3.8) is 0 Å². The van der Waals surface area contributed by atoms with Crippen LogP contribution in [0.1, 0.15) is 53.9 Å². The molecule has 0 radical (unpaired) electrons. The SMILES string of the molecule is CC(C)(C)OC(=O)N1CCC(NCC2CC2(C)C)CC1. The van der Waals surface area contributed by atoms with Crippen LogP contribution in [0.5, 0.6) is 0 Å². The van der Waals surface area contributed by atoms with Crippen LogP contribution in [0.25, 0.3) is 0 Å². The molecule has 0 aromatic carbocycles. The lowest BCUT2D eigenvalue weighted by molar-refractivity contribution is 0.0198. The summed E-state index contributed by atoms with van der Waals surface area (Å²) < 4.78 is 5.41. The Morgan fingerprint density at radius 1 is 1.30 bits per heavy atom. The minimum Gasteiger partial charge on any atom is -0.444 e. The summed E-state index contributed by atoms with van der Waals surface area (Å²) in [5.41, 5.74) is 0.147. The molecule has 2 fully saturated rings. The van der Waals surface area contributed by atoms with E-state index < -0.39 is 5.60 Å². The van der Waals surface area contributed by atoms with Gasteiger partial charge in [0.25, 0.3) is 0 Å². The van der Waals surface area contributed by atoms with Crippen molar-refractivity contribution in [3.05, 3.63) is 0 Å². The maximum absolute atomic E-state index is 12.0. The van der Waals surface area contributed by atoms with E-state index in [0.717, 1.165) is 38.4 Å². The molecule has 2 rings (SSSR count). The Labute approximate surface area is 123 Å². The van der Waals surface area contributed by atoms with Gasteiger partial charge in [-0.15, -0.1) is 0 Å². The summed E-state index contributed by atoms with van der Waals surface area (Å²) >= 11 is 0. The average molecular weight is 282 g/mol. The molecule has 1 unspecified atom stereocenters. The van der Waals surface area contributed by atoms with Gasteiger partial charge in [0.2, 0.25) is 0 Å². The number of hydrogen-bond acceptors (Lipinski definition) is 3. The van der Waals surface area contributed by atoms with E-state index in [0.29, 0.717) is 11.5 Å². The van der Waals surface area contributed by atoms with Gasteiger partial charge in [-0.3, -0.25) is 0 Å². The first-order valence-electron chi connectivity index (χ1n) is 7.89. The molecule has 4 nitrogen and oxygen atoms in total. The molecule has 0 aromatic heterocycles. The Kier molecular flexibility index (Phi) is 4.33. The van der Waals surface area contributed by atoms with Gasteiger partial charge in [-0.1, -0.05) is 13.8 Å². The monoisotopic (exact) mass is 282 g/mol. The lowest BCUT2D eigenvalue weighted by Crippen LogP contribution is -2.46. The predicted molar refractivity (Wildman–Crippen MR) is 80.7 cm³/mol. The highest BCUT2D eigenvalue weighted by atomic mass is 16.6. The fourth-order valence-corrected chi connectivity index (χ4v) is 2.83. The van der Waals surface area contributed by atoms with Gasteiger partial charge < -0.3 is 15.0 Å². The molecule has 1 atom stereocenters. The molecule has 1 heterocycles. The van der Waals surface area contributed by atoms with E-state index in [2.05, 4.69) is 19.2 Å². The summed E-state index contributed by atoms with van der Waals surface area (Å²) in [4.78, 5) is 13.8. The van der Waals surface area contributed by atoms with Crippen molar-refractivity contribution >= 4 is 6.09 Å². The normalized spacial score (nSPS) is 26.4. The summed E-state index contributed by atoms with van der Waals surface area (Å²) in [5, 5.41) is 3.67. The maximum atomic E-state index is 12.0. The second kappa shape index (κ2) is 5.55. The second-order valence-corrected chi connectivity index (χ2v) is 8.04. The van der Waals surface area contributed by atoms with E-state index in [4.69, 9.17) is 4.74 Å². The molecular formula is C16H30N2O2. The van der Waals surface area contributed by atoms with Gasteiger partial charge in [-0.2, -0.15) is 0 Å². The minimum atomic E-state index is -0.399. The molecule has 1 N–H and O–H groups in total. The fraction of sp³-hybridized carbons (Fsp3) is 0.938. The Morgan fingerprint density at radius 3 is 2.30 bits per heavy atom. The van der Waals surface area contributed by atoms with E-state index in [9.17, 15) is 4.79 Å². The third-order valence-corrected chi connectivity index (χ3v) is 4.52. The number of carbonyl (C=O) groups is 1. The van der Waals surface area contributed by atoms with E-state index in [1.807, 2.05) is 25.7 Å². The van der Waals surface area contributed by atoms with Gasteiger partial charge in [0.05, 0.1) is 0 Å².